The molecule has 1 amide bonds. The fraction of sp³-hybridized carbons (Fsp3) is 0.462. The molecule has 4 nitrogen and oxygen atoms in total. The molecule has 0 aliphatic rings. The van der Waals surface area contributed by atoms with E-state index in [1.165, 1.54) is 0 Å². The zero-order valence-electron chi connectivity index (χ0n) is 10.5. The zero-order chi connectivity index (χ0) is 12.5. The van der Waals surface area contributed by atoms with Crippen molar-refractivity contribution in [2.75, 3.05) is 26.7 Å². The highest BCUT2D eigenvalue weighted by Gasteiger charge is 2.02. The van der Waals surface area contributed by atoms with Crippen molar-refractivity contribution in [3.8, 4) is 5.75 Å². The predicted molar refractivity (Wildman–Crippen MR) is 68.3 cm³/mol. The molecule has 0 saturated carbocycles. The zero-order valence-corrected chi connectivity index (χ0v) is 10.5. The third kappa shape index (κ3) is 5.36. The van der Waals surface area contributed by atoms with E-state index in [2.05, 4.69) is 10.6 Å². The predicted octanol–water partition coefficient (Wildman–Crippen LogP) is 0.963. The highest BCUT2D eigenvalue weighted by molar-refractivity contribution is 5.78. The van der Waals surface area contributed by atoms with Gasteiger partial charge in [-0.05, 0) is 24.2 Å². The van der Waals surface area contributed by atoms with Crippen LogP contribution in [-0.4, -0.2) is 32.7 Å². The van der Waals surface area contributed by atoms with E-state index in [4.69, 9.17) is 4.74 Å². The first-order valence-corrected chi connectivity index (χ1v) is 5.86. The second kappa shape index (κ2) is 7.68. The Morgan fingerprint density at radius 2 is 1.94 bits per heavy atom. The van der Waals surface area contributed by atoms with Crippen molar-refractivity contribution in [1.82, 2.24) is 10.6 Å². The smallest absolute Gasteiger partial charge is 0.224 e. The van der Waals surface area contributed by atoms with E-state index in [1.807, 2.05) is 31.2 Å². The minimum Gasteiger partial charge on any atom is -0.497 e. The summed E-state index contributed by atoms with van der Waals surface area (Å²) >= 11 is 0. The van der Waals surface area contributed by atoms with E-state index in [9.17, 15) is 4.79 Å². The third-order valence-electron chi connectivity index (χ3n) is 2.40. The molecular weight excluding hydrogens is 216 g/mol. The summed E-state index contributed by atoms with van der Waals surface area (Å²) in [6, 6.07) is 7.54. The molecule has 0 atom stereocenters. The average molecular weight is 236 g/mol. The number of amides is 1. The van der Waals surface area contributed by atoms with Crippen LogP contribution in [0.1, 0.15) is 12.5 Å². The van der Waals surface area contributed by atoms with Crippen LogP contribution in [0.2, 0.25) is 0 Å². The van der Waals surface area contributed by atoms with Crippen molar-refractivity contribution in [2.24, 2.45) is 0 Å². The molecule has 0 spiro atoms. The SMILES string of the molecule is CCNCCNC(=O)Cc1ccc(OC)cc1. The van der Waals surface area contributed by atoms with Crippen molar-refractivity contribution < 1.29 is 9.53 Å². The lowest BCUT2D eigenvalue weighted by molar-refractivity contribution is -0.120. The summed E-state index contributed by atoms with van der Waals surface area (Å²) < 4.78 is 5.06. The Morgan fingerprint density at radius 3 is 2.53 bits per heavy atom. The molecular formula is C13H20N2O2. The molecule has 0 fully saturated rings. The lowest BCUT2D eigenvalue weighted by atomic mass is 10.1. The van der Waals surface area contributed by atoms with Gasteiger partial charge in [0.15, 0.2) is 0 Å². The van der Waals surface area contributed by atoms with Crippen molar-refractivity contribution in [1.29, 1.82) is 0 Å². The van der Waals surface area contributed by atoms with Gasteiger partial charge in [0, 0.05) is 13.1 Å². The summed E-state index contributed by atoms with van der Waals surface area (Å²) in [5, 5.41) is 6.01. The lowest BCUT2D eigenvalue weighted by Crippen LogP contribution is -2.32. The largest absolute Gasteiger partial charge is 0.497 e. The van der Waals surface area contributed by atoms with Crippen LogP contribution >= 0.6 is 0 Å². The first-order chi connectivity index (χ1) is 8.26. The Bertz CT molecular complexity index is 336. The molecule has 0 aliphatic carbocycles. The fourth-order valence-corrected chi connectivity index (χ4v) is 1.46. The second-order valence-electron chi connectivity index (χ2n) is 3.73. The molecule has 0 heterocycles. The number of benzene rings is 1. The number of likely N-dealkylation sites (N-methyl/N-ethyl adjacent to an activating group) is 1. The van der Waals surface area contributed by atoms with Crippen LogP contribution in [0.4, 0.5) is 0 Å². The Kier molecular flexibility index (Phi) is 6.10. The topological polar surface area (TPSA) is 50.4 Å². The monoisotopic (exact) mass is 236 g/mol. The van der Waals surface area contributed by atoms with E-state index < -0.39 is 0 Å². The molecule has 4 heteroatoms. The number of nitrogens with one attached hydrogen (secondary N) is 2. The molecule has 0 bridgehead atoms. The number of ether oxygens (including phenoxy) is 1. The van der Waals surface area contributed by atoms with Gasteiger partial charge in [0.2, 0.25) is 5.91 Å². The lowest BCUT2D eigenvalue weighted by Gasteiger charge is -2.06. The van der Waals surface area contributed by atoms with Gasteiger partial charge in [0.05, 0.1) is 13.5 Å². The Morgan fingerprint density at radius 1 is 1.24 bits per heavy atom. The Labute approximate surface area is 102 Å². The van der Waals surface area contributed by atoms with Crippen molar-refractivity contribution in [3.63, 3.8) is 0 Å². The standard InChI is InChI=1S/C13H20N2O2/c1-3-14-8-9-15-13(16)10-11-4-6-12(17-2)7-5-11/h4-7,14H,3,8-10H2,1-2H3,(H,15,16). The molecule has 1 aromatic carbocycles. The van der Waals surface area contributed by atoms with Gasteiger partial charge in [0.1, 0.15) is 5.75 Å². The molecule has 0 radical (unpaired) electrons. The molecule has 17 heavy (non-hydrogen) atoms. The van der Waals surface area contributed by atoms with Crippen LogP contribution in [0.5, 0.6) is 5.75 Å². The maximum atomic E-state index is 11.6. The van der Waals surface area contributed by atoms with Crippen LogP contribution in [0.25, 0.3) is 0 Å². The summed E-state index contributed by atoms with van der Waals surface area (Å²) in [6.07, 6.45) is 0.413. The number of carbonyl (C=O) groups is 1. The molecule has 94 valence electrons. The fourth-order valence-electron chi connectivity index (χ4n) is 1.46. The number of hydrogen-bond acceptors (Lipinski definition) is 3. The van der Waals surface area contributed by atoms with Gasteiger partial charge in [0.25, 0.3) is 0 Å². The van der Waals surface area contributed by atoms with Gasteiger partial charge in [-0.2, -0.15) is 0 Å². The number of methoxy groups -OCH3 is 1. The molecule has 0 unspecified atom stereocenters. The van der Waals surface area contributed by atoms with Gasteiger partial charge in [-0.1, -0.05) is 19.1 Å². The maximum absolute atomic E-state index is 11.6. The van der Waals surface area contributed by atoms with Gasteiger partial charge >= 0.3 is 0 Å². The van der Waals surface area contributed by atoms with Crippen LogP contribution in [0.15, 0.2) is 24.3 Å². The van der Waals surface area contributed by atoms with Crippen LogP contribution in [0.3, 0.4) is 0 Å². The van der Waals surface area contributed by atoms with Crippen LogP contribution < -0.4 is 15.4 Å². The minimum absolute atomic E-state index is 0.0491. The molecule has 0 aliphatic heterocycles. The molecule has 0 aromatic heterocycles. The van der Waals surface area contributed by atoms with E-state index in [0.29, 0.717) is 13.0 Å². The van der Waals surface area contributed by atoms with E-state index >= 15 is 0 Å². The average Bonchev–Trinajstić information content (AvgIpc) is 2.36. The van der Waals surface area contributed by atoms with E-state index in [-0.39, 0.29) is 5.91 Å². The highest BCUT2D eigenvalue weighted by Crippen LogP contribution is 2.11. The Hall–Kier alpha value is -1.55. The number of carbonyl (C=O) groups excluding carboxylic acids is 1. The van der Waals surface area contributed by atoms with Crippen molar-refractivity contribution in [2.45, 2.75) is 13.3 Å². The number of rotatable bonds is 7. The molecule has 1 aromatic rings. The quantitative estimate of drug-likeness (QED) is 0.693. The molecule has 0 saturated heterocycles. The van der Waals surface area contributed by atoms with Crippen molar-refractivity contribution in [3.05, 3.63) is 29.8 Å². The summed E-state index contributed by atoms with van der Waals surface area (Å²) in [5.41, 5.74) is 0.992. The normalized spacial score (nSPS) is 10.0. The maximum Gasteiger partial charge on any atom is 0.224 e. The van der Waals surface area contributed by atoms with Crippen LogP contribution in [-0.2, 0) is 11.2 Å². The van der Waals surface area contributed by atoms with Gasteiger partial charge in [-0.15, -0.1) is 0 Å². The molecule has 1 rings (SSSR count). The van der Waals surface area contributed by atoms with Crippen molar-refractivity contribution >= 4 is 5.91 Å². The van der Waals surface area contributed by atoms with Gasteiger partial charge < -0.3 is 15.4 Å². The van der Waals surface area contributed by atoms with E-state index in [1.54, 1.807) is 7.11 Å². The van der Waals surface area contributed by atoms with Gasteiger partial charge in [-0.25, -0.2) is 0 Å². The summed E-state index contributed by atoms with van der Waals surface area (Å²) in [4.78, 5) is 11.6. The van der Waals surface area contributed by atoms with Crippen LogP contribution in [0, 0.1) is 0 Å². The number of hydrogen-bond donors (Lipinski definition) is 2. The summed E-state index contributed by atoms with van der Waals surface area (Å²) in [7, 11) is 1.63. The molecule has 2 N–H and O–H groups in total. The second-order valence-corrected chi connectivity index (χ2v) is 3.73. The minimum atomic E-state index is 0.0491. The van der Waals surface area contributed by atoms with E-state index in [0.717, 1.165) is 24.4 Å². The van der Waals surface area contributed by atoms with Gasteiger partial charge in [-0.3, -0.25) is 4.79 Å². The third-order valence-corrected chi connectivity index (χ3v) is 2.40. The first kappa shape index (κ1) is 13.5. The Balaban J connectivity index is 2.29. The summed E-state index contributed by atoms with van der Waals surface area (Å²) in [6.45, 7) is 4.45. The summed E-state index contributed by atoms with van der Waals surface area (Å²) in [5.74, 6) is 0.856. The first-order valence-electron chi connectivity index (χ1n) is 5.86. The highest BCUT2D eigenvalue weighted by atomic mass is 16.5.